The Morgan fingerprint density at radius 2 is 2.00 bits per heavy atom. The Kier molecular flexibility index (Phi) is 7.06. The van der Waals surface area contributed by atoms with Crippen molar-refractivity contribution in [3.8, 4) is 0 Å². The third-order valence-electron chi connectivity index (χ3n) is 2.68. The highest BCUT2D eigenvalue weighted by atomic mass is 16.5. The summed E-state index contributed by atoms with van der Waals surface area (Å²) in [4.78, 5) is 11.1. The summed E-state index contributed by atoms with van der Waals surface area (Å²) in [6.07, 6.45) is 1.30. The molecule has 1 rings (SSSR count). The average molecular weight is 252 g/mol. The van der Waals surface area contributed by atoms with E-state index < -0.39 is 0 Å². The topological polar surface area (TPSA) is 55.8 Å². The van der Waals surface area contributed by atoms with E-state index in [0.29, 0.717) is 25.9 Å². The molecule has 4 heteroatoms. The summed E-state index contributed by atoms with van der Waals surface area (Å²) in [6.45, 7) is 0.549. The maximum Gasteiger partial charge on any atom is 0.305 e. The van der Waals surface area contributed by atoms with E-state index in [-0.39, 0.29) is 18.7 Å². The van der Waals surface area contributed by atoms with Gasteiger partial charge in [-0.05, 0) is 18.4 Å². The lowest BCUT2D eigenvalue weighted by Crippen LogP contribution is -2.17. The maximum atomic E-state index is 11.1. The van der Waals surface area contributed by atoms with E-state index >= 15 is 0 Å². The molecular formula is C14H20O4. The van der Waals surface area contributed by atoms with E-state index in [4.69, 9.17) is 9.84 Å². The zero-order valence-corrected chi connectivity index (χ0v) is 10.7. The first-order valence-electron chi connectivity index (χ1n) is 6.09. The Hall–Kier alpha value is -1.39. The lowest BCUT2D eigenvalue weighted by atomic mass is 10.1. The van der Waals surface area contributed by atoms with Crippen molar-refractivity contribution in [3.63, 3.8) is 0 Å². The van der Waals surface area contributed by atoms with Crippen LogP contribution in [0, 0.1) is 0 Å². The zero-order valence-electron chi connectivity index (χ0n) is 10.7. The van der Waals surface area contributed by atoms with E-state index in [1.165, 1.54) is 7.11 Å². The predicted octanol–water partition coefficient (Wildman–Crippen LogP) is 1.91. The highest BCUT2D eigenvalue weighted by molar-refractivity contribution is 5.69. The molecule has 0 amide bonds. The molecule has 0 saturated heterocycles. The molecule has 0 fully saturated rings. The van der Waals surface area contributed by atoms with Crippen LogP contribution in [0.25, 0.3) is 0 Å². The Labute approximate surface area is 108 Å². The Morgan fingerprint density at radius 1 is 1.28 bits per heavy atom. The normalized spacial score (nSPS) is 12.1. The minimum atomic E-state index is -0.249. The SMILES string of the molecule is COC(=O)CCC(CCO)OCc1ccccc1. The Morgan fingerprint density at radius 3 is 2.61 bits per heavy atom. The van der Waals surface area contributed by atoms with Crippen LogP contribution in [0.4, 0.5) is 0 Å². The standard InChI is InChI=1S/C14H20O4/c1-17-14(16)8-7-13(9-10-15)18-11-12-5-3-2-4-6-12/h2-6,13,15H,7-11H2,1H3. The number of rotatable bonds is 8. The van der Waals surface area contributed by atoms with Gasteiger partial charge in [-0.1, -0.05) is 30.3 Å². The molecule has 100 valence electrons. The van der Waals surface area contributed by atoms with Gasteiger partial charge >= 0.3 is 5.97 Å². The summed E-state index contributed by atoms with van der Waals surface area (Å²) >= 11 is 0. The van der Waals surface area contributed by atoms with Crippen LogP contribution in [0.3, 0.4) is 0 Å². The van der Waals surface area contributed by atoms with Gasteiger partial charge in [0.25, 0.3) is 0 Å². The summed E-state index contributed by atoms with van der Waals surface area (Å²) in [7, 11) is 1.37. The van der Waals surface area contributed by atoms with Crippen LogP contribution in [0.2, 0.25) is 0 Å². The van der Waals surface area contributed by atoms with Crippen LogP contribution in [-0.2, 0) is 20.9 Å². The minimum absolute atomic E-state index is 0.0562. The molecular weight excluding hydrogens is 232 g/mol. The van der Waals surface area contributed by atoms with Gasteiger partial charge in [0, 0.05) is 13.0 Å². The third kappa shape index (κ3) is 5.80. The summed E-state index contributed by atoms with van der Waals surface area (Å²) in [5, 5.41) is 8.96. The third-order valence-corrected chi connectivity index (χ3v) is 2.68. The smallest absolute Gasteiger partial charge is 0.305 e. The molecule has 0 aliphatic rings. The van der Waals surface area contributed by atoms with Gasteiger partial charge in [0.2, 0.25) is 0 Å². The molecule has 1 aromatic rings. The Bertz CT molecular complexity index is 337. The maximum absolute atomic E-state index is 11.1. The molecule has 18 heavy (non-hydrogen) atoms. The predicted molar refractivity (Wildman–Crippen MR) is 68.0 cm³/mol. The first-order chi connectivity index (χ1) is 8.76. The number of carbonyl (C=O) groups is 1. The van der Waals surface area contributed by atoms with Crippen LogP contribution in [0.1, 0.15) is 24.8 Å². The fourth-order valence-electron chi connectivity index (χ4n) is 1.62. The van der Waals surface area contributed by atoms with E-state index in [0.717, 1.165) is 5.56 Å². The lowest BCUT2D eigenvalue weighted by Gasteiger charge is -2.16. The van der Waals surface area contributed by atoms with Gasteiger partial charge in [-0.3, -0.25) is 4.79 Å². The molecule has 0 bridgehead atoms. The molecule has 0 saturated carbocycles. The molecule has 1 aromatic carbocycles. The fraction of sp³-hybridized carbons (Fsp3) is 0.500. The van der Waals surface area contributed by atoms with E-state index in [1.54, 1.807) is 0 Å². The summed E-state index contributed by atoms with van der Waals surface area (Å²) < 4.78 is 10.3. The number of aliphatic hydroxyl groups is 1. The molecule has 0 aliphatic carbocycles. The second kappa shape index (κ2) is 8.66. The van der Waals surface area contributed by atoms with Crippen molar-refractivity contribution < 1.29 is 19.4 Å². The summed E-state index contributed by atoms with van der Waals surface area (Å²) in [6, 6.07) is 9.82. The fourth-order valence-corrected chi connectivity index (χ4v) is 1.62. The number of methoxy groups -OCH3 is 1. The van der Waals surface area contributed by atoms with Crippen molar-refractivity contribution in [1.29, 1.82) is 0 Å². The molecule has 1 N–H and O–H groups in total. The van der Waals surface area contributed by atoms with Crippen molar-refractivity contribution >= 4 is 5.97 Å². The quantitative estimate of drug-likeness (QED) is 0.718. The number of aliphatic hydroxyl groups excluding tert-OH is 1. The molecule has 1 unspecified atom stereocenters. The number of ether oxygens (including phenoxy) is 2. The number of benzene rings is 1. The minimum Gasteiger partial charge on any atom is -0.469 e. The molecule has 0 aliphatic heterocycles. The van der Waals surface area contributed by atoms with Gasteiger partial charge in [-0.15, -0.1) is 0 Å². The van der Waals surface area contributed by atoms with Crippen LogP contribution < -0.4 is 0 Å². The van der Waals surface area contributed by atoms with E-state index in [1.807, 2.05) is 30.3 Å². The molecule has 0 heterocycles. The van der Waals surface area contributed by atoms with Gasteiger partial charge in [0.15, 0.2) is 0 Å². The first-order valence-corrected chi connectivity index (χ1v) is 6.09. The van der Waals surface area contributed by atoms with Gasteiger partial charge < -0.3 is 14.6 Å². The summed E-state index contributed by atoms with van der Waals surface area (Å²) in [5.41, 5.74) is 1.08. The van der Waals surface area contributed by atoms with Gasteiger partial charge in [-0.2, -0.15) is 0 Å². The van der Waals surface area contributed by atoms with Crippen molar-refractivity contribution in [2.24, 2.45) is 0 Å². The first kappa shape index (κ1) is 14.7. The van der Waals surface area contributed by atoms with Crippen molar-refractivity contribution in [2.75, 3.05) is 13.7 Å². The van der Waals surface area contributed by atoms with Crippen LogP contribution in [-0.4, -0.2) is 30.9 Å². The second-order valence-corrected chi connectivity index (χ2v) is 4.05. The largest absolute Gasteiger partial charge is 0.469 e. The number of esters is 1. The number of hydrogen-bond donors (Lipinski definition) is 1. The van der Waals surface area contributed by atoms with Crippen LogP contribution in [0.15, 0.2) is 30.3 Å². The van der Waals surface area contributed by atoms with Crippen molar-refractivity contribution in [1.82, 2.24) is 0 Å². The van der Waals surface area contributed by atoms with Crippen LogP contribution >= 0.6 is 0 Å². The van der Waals surface area contributed by atoms with E-state index in [2.05, 4.69) is 4.74 Å². The lowest BCUT2D eigenvalue weighted by molar-refractivity contribution is -0.141. The Balaban J connectivity index is 2.35. The molecule has 0 aromatic heterocycles. The number of hydrogen-bond acceptors (Lipinski definition) is 4. The van der Waals surface area contributed by atoms with Crippen molar-refractivity contribution in [2.45, 2.75) is 32.0 Å². The second-order valence-electron chi connectivity index (χ2n) is 4.05. The molecule has 0 radical (unpaired) electrons. The molecule has 1 atom stereocenters. The zero-order chi connectivity index (χ0) is 13.2. The highest BCUT2D eigenvalue weighted by Gasteiger charge is 2.11. The van der Waals surface area contributed by atoms with Crippen molar-refractivity contribution in [3.05, 3.63) is 35.9 Å². The van der Waals surface area contributed by atoms with Gasteiger partial charge in [-0.25, -0.2) is 0 Å². The highest BCUT2D eigenvalue weighted by Crippen LogP contribution is 2.11. The average Bonchev–Trinajstić information content (AvgIpc) is 2.42. The molecule has 4 nitrogen and oxygen atoms in total. The van der Waals surface area contributed by atoms with Crippen LogP contribution in [0.5, 0.6) is 0 Å². The summed E-state index contributed by atoms with van der Waals surface area (Å²) in [5.74, 6) is -0.249. The van der Waals surface area contributed by atoms with E-state index in [9.17, 15) is 4.79 Å². The monoisotopic (exact) mass is 252 g/mol. The molecule has 0 spiro atoms. The number of carbonyl (C=O) groups excluding carboxylic acids is 1. The van der Waals surface area contributed by atoms with Gasteiger partial charge in [0.1, 0.15) is 0 Å². The van der Waals surface area contributed by atoms with Gasteiger partial charge in [0.05, 0.1) is 19.8 Å².